The van der Waals surface area contributed by atoms with E-state index in [0.29, 0.717) is 4.88 Å². The zero-order valence-corrected chi connectivity index (χ0v) is 11.9. The lowest BCUT2D eigenvalue weighted by Crippen LogP contribution is -2.06. The van der Waals surface area contributed by atoms with Crippen molar-refractivity contribution < 1.29 is 18.3 Å². The van der Waals surface area contributed by atoms with Gasteiger partial charge in [-0.3, -0.25) is 4.79 Å². The molecule has 2 aromatic heterocycles. The molecule has 0 aliphatic rings. The Balaban J connectivity index is 2.08. The van der Waals surface area contributed by atoms with Gasteiger partial charge in [0.05, 0.1) is 17.6 Å². The van der Waals surface area contributed by atoms with Crippen LogP contribution in [0.2, 0.25) is 0 Å². The molecule has 0 radical (unpaired) electrons. The lowest BCUT2D eigenvalue weighted by molar-refractivity contribution is 0.103. The third-order valence-corrected chi connectivity index (χ3v) is 4.93. The van der Waals surface area contributed by atoms with Gasteiger partial charge in [0.25, 0.3) is 0 Å². The predicted molar refractivity (Wildman–Crippen MR) is 76.0 cm³/mol. The standard InChI is InChI=1S/C14H8F2O2S2/c1-18-7-4-8(15)13(9(16)5-7)14(17)12-6-11-10(20-12)2-3-19-11/h2-6H,1H3. The average Bonchev–Trinajstić information content (AvgIpc) is 2.98. The molecule has 0 atom stereocenters. The van der Waals surface area contributed by atoms with Crippen LogP contribution in [-0.4, -0.2) is 12.9 Å². The SMILES string of the molecule is COc1cc(F)c(C(=O)c2cc3sccc3s2)c(F)c1. The number of carbonyl (C=O) groups is 1. The molecule has 0 N–H and O–H groups in total. The highest BCUT2D eigenvalue weighted by atomic mass is 32.1. The van der Waals surface area contributed by atoms with Crippen LogP contribution in [0.15, 0.2) is 29.6 Å². The van der Waals surface area contributed by atoms with E-state index in [-0.39, 0.29) is 5.75 Å². The van der Waals surface area contributed by atoms with E-state index in [0.717, 1.165) is 21.5 Å². The van der Waals surface area contributed by atoms with Gasteiger partial charge in [0.15, 0.2) is 0 Å². The first-order valence-electron chi connectivity index (χ1n) is 5.65. The summed E-state index contributed by atoms with van der Waals surface area (Å²) in [6.45, 7) is 0. The monoisotopic (exact) mass is 310 g/mol. The van der Waals surface area contributed by atoms with Gasteiger partial charge in [-0.05, 0) is 17.5 Å². The lowest BCUT2D eigenvalue weighted by atomic mass is 10.1. The number of fused-ring (bicyclic) bond motifs is 1. The van der Waals surface area contributed by atoms with Gasteiger partial charge >= 0.3 is 0 Å². The Morgan fingerprint density at radius 3 is 2.45 bits per heavy atom. The fourth-order valence-corrected chi connectivity index (χ4v) is 3.94. The molecule has 2 nitrogen and oxygen atoms in total. The van der Waals surface area contributed by atoms with E-state index in [9.17, 15) is 13.6 Å². The van der Waals surface area contributed by atoms with E-state index in [2.05, 4.69) is 0 Å². The molecule has 6 heteroatoms. The van der Waals surface area contributed by atoms with Crippen LogP contribution in [0.25, 0.3) is 9.40 Å². The highest BCUT2D eigenvalue weighted by Gasteiger charge is 2.22. The van der Waals surface area contributed by atoms with E-state index in [4.69, 9.17) is 4.74 Å². The van der Waals surface area contributed by atoms with Crippen LogP contribution < -0.4 is 4.74 Å². The maximum absolute atomic E-state index is 13.9. The highest BCUT2D eigenvalue weighted by molar-refractivity contribution is 7.28. The second kappa shape index (κ2) is 4.96. The number of thiophene rings is 2. The molecule has 2 heterocycles. The summed E-state index contributed by atoms with van der Waals surface area (Å²) in [5, 5.41) is 1.91. The van der Waals surface area contributed by atoms with E-state index in [1.165, 1.54) is 29.8 Å². The van der Waals surface area contributed by atoms with Crippen molar-refractivity contribution in [2.45, 2.75) is 0 Å². The number of ketones is 1. The molecule has 0 amide bonds. The van der Waals surface area contributed by atoms with Crippen molar-refractivity contribution in [1.29, 1.82) is 0 Å². The molecule has 102 valence electrons. The first kappa shape index (κ1) is 13.2. The van der Waals surface area contributed by atoms with Crippen molar-refractivity contribution in [2.24, 2.45) is 0 Å². The van der Waals surface area contributed by atoms with E-state index >= 15 is 0 Å². The smallest absolute Gasteiger partial charge is 0.208 e. The van der Waals surface area contributed by atoms with Crippen molar-refractivity contribution in [3.05, 3.63) is 51.7 Å². The first-order valence-corrected chi connectivity index (χ1v) is 7.34. The third kappa shape index (κ3) is 2.10. The number of ether oxygens (including phenoxy) is 1. The van der Waals surface area contributed by atoms with Crippen molar-refractivity contribution in [2.75, 3.05) is 7.11 Å². The fraction of sp³-hybridized carbons (Fsp3) is 0.0714. The Kier molecular flexibility index (Phi) is 3.27. The number of methoxy groups -OCH3 is 1. The van der Waals surface area contributed by atoms with Gasteiger partial charge in [-0.15, -0.1) is 22.7 Å². The second-order valence-electron chi connectivity index (χ2n) is 4.05. The number of rotatable bonds is 3. The number of benzene rings is 1. The van der Waals surface area contributed by atoms with Gasteiger partial charge in [-0.2, -0.15) is 0 Å². The highest BCUT2D eigenvalue weighted by Crippen LogP contribution is 2.32. The second-order valence-corrected chi connectivity index (χ2v) is 6.09. The van der Waals surface area contributed by atoms with Crippen molar-refractivity contribution >= 4 is 37.9 Å². The molecule has 3 aromatic rings. The maximum atomic E-state index is 13.9. The predicted octanol–water partition coefficient (Wildman–Crippen LogP) is 4.48. The Morgan fingerprint density at radius 1 is 1.15 bits per heavy atom. The van der Waals surface area contributed by atoms with Crippen LogP contribution >= 0.6 is 22.7 Å². The molecule has 0 fully saturated rings. The Morgan fingerprint density at radius 2 is 1.85 bits per heavy atom. The minimum atomic E-state index is -0.913. The molecule has 3 rings (SSSR count). The van der Waals surface area contributed by atoms with Gasteiger partial charge in [-0.25, -0.2) is 8.78 Å². The Labute approximate surface area is 121 Å². The van der Waals surface area contributed by atoms with Crippen molar-refractivity contribution in [3.8, 4) is 5.75 Å². The van der Waals surface area contributed by atoms with Gasteiger partial charge in [0, 0.05) is 21.5 Å². The molecule has 0 aliphatic carbocycles. The first-order chi connectivity index (χ1) is 9.60. The van der Waals surface area contributed by atoms with Gasteiger partial charge < -0.3 is 4.74 Å². The number of carbonyl (C=O) groups excluding carboxylic acids is 1. The topological polar surface area (TPSA) is 26.3 Å². The molecule has 0 saturated carbocycles. The Bertz CT molecular complexity index is 753. The summed E-state index contributed by atoms with van der Waals surface area (Å²) in [7, 11) is 1.31. The molecule has 0 unspecified atom stereocenters. The van der Waals surface area contributed by atoms with E-state index < -0.39 is 23.0 Å². The molecule has 20 heavy (non-hydrogen) atoms. The Hall–Kier alpha value is -1.79. The third-order valence-electron chi connectivity index (χ3n) is 2.84. The van der Waals surface area contributed by atoms with Gasteiger partial charge in [0.1, 0.15) is 17.4 Å². The normalized spacial score (nSPS) is 10.9. The van der Waals surface area contributed by atoms with Crippen LogP contribution in [-0.2, 0) is 0 Å². The minimum absolute atomic E-state index is 0.0451. The summed E-state index contributed by atoms with van der Waals surface area (Å²) in [6, 6.07) is 5.55. The molecule has 0 bridgehead atoms. The average molecular weight is 310 g/mol. The molecule has 1 aromatic carbocycles. The maximum Gasteiger partial charge on any atom is 0.208 e. The van der Waals surface area contributed by atoms with E-state index in [1.54, 1.807) is 6.07 Å². The number of halogens is 2. The number of hydrogen-bond donors (Lipinski definition) is 0. The summed E-state index contributed by atoms with van der Waals surface area (Å²) in [5.41, 5.74) is -0.542. The van der Waals surface area contributed by atoms with Gasteiger partial charge in [-0.1, -0.05) is 0 Å². The summed E-state index contributed by atoms with van der Waals surface area (Å²) < 4.78 is 34.4. The lowest BCUT2D eigenvalue weighted by Gasteiger charge is -2.05. The van der Waals surface area contributed by atoms with Crippen molar-refractivity contribution in [1.82, 2.24) is 0 Å². The quantitative estimate of drug-likeness (QED) is 0.667. The fourth-order valence-electron chi connectivity index (χ4n) is 1.89. The molecular formula is C14H8F2O2S2. The molecular weight excluding hydrogens is 302 g/mol. The summed E-state index contributed by atoms with van der Waals surface area (Å²) >= 11 is 2.72. The zero-order chi connectivity index (χ0) is 14.3. The molecule has 0 spiro atoms. The van der Waals surface area contributed by atoms with Crippen LogP contribution in [0.4, 0.5) is 8.78 Å². The van der Waals surface area contributed by atoms with Crippen molar-refractivity contribution in [3.63, 3.8) is 0 Å². The molecule has 0 aliphatic heterocycles. The molecule has 0 saturated heterocycles. The zero-order valence-electron chi connectivity index (χ0n) is 10.3. The number of hydrogen-bond acceptors (Lipinski definition) is 4. The summed E-state index contributed by atoms with van der Waals surface area (Å²) in [4.78, 5) is 12.6. The van der Waals surface area contributed by atoms with Crippen LogP contribution in [0, 0.1) is 11.6 Å². The van der Waals surface area contributed by atoms with Crippen LogP contribution in [0.3, 0.4) is 0 Å². The van der Waals surface area contributed by atoms with Gasteiger partial charge in [0.2, 0.25) is 5.78 Å². The largest absolute Gasteiger partial charge is 0.497 e. The summed E-state index contributed by atoms with van der Waals surface area (Å²) in [5.74, 6) is -2.42. The minimum Gasteiger partial charge on any atom is -0.497 e. The van der Waals surface area contributed by atoms with Crippen LogP contribution in [0.5, 0.6) is 5.75 Å². The van der Waals surface area contributed by atoms with E-state index in [1.807, 2.05) is 11.4 Å². The summed E-state index contributed by atoms with van der Waals surface area (Å²) in [6.07, 6.45) is 0. The van der Waals surface area contributed by atoms with Crippen LogP contribution in [0.1, 0.15) is 15.2 Å².